The van der Waals surface area contributed by atoms with E-state index in [1.54, 1.807) is 6.92 Å². The third kappa shape index (κ3) is 3.61. The van der Waals surface area contributed by atoms with Gasteiger partial charge in [0.05, 0.1) is 5.60 Å². The van der Waals surface area contributed by atoms with E-state index in [9.17, 15) is 22.3 Å². The Labute approximate surface area is 130 Å². The van der Waals surface area contributed by atoms with Gasteiger partial charge in [0, 0.05) is 23.6 Å². The van der Waals surface area contributed by atoms with Crippen molar-refractivity contribution in [3.05, 3.63) is 28.2 Å². The number of nitrogens with zero attached hydrogens (tertiary/aromatic N) is 1. The predicted octanol–water partition coefficient (Wildman–Crippen LogP) is 2.65. The van der Waals surface area contributed by atoms with Gasteiger partial charge in [0.1, 0.15) is 16.5 Å². The summed E-state index contributed by atoms with van der Waals surface area (Å²) >= 11 is 2.91. The van der Waals surface area contributed by atoms with E-state index >= 15 is 0 Å². The summed E-state index contributed by atoms with van der Waals surface area (Å²) in [6, 6.07) is 1.47. The van der Waals surface area contributed by atoms with Gasteiger partial charge in [-0.2, -0.15) is 4.31 Å². The predicted molar refractivity (Wildman–Crippen MR) is 77.3 cm³/mol. The van der Waals surface area contributed by atoms with Gasteiger partial charge in [0.2, 0.25) is 10.0 Å². The molecule has 1 aliphatic heterocycles. The number of hydrogen-bond acceptors (Lipinski definition) is 3. The maximum Gasteiger partial charge on any atom is 0.247 e. The van der Waals surface area contributed by atoms with E-state index in [1.807, 2.05) is 0 Å². The van der Waals surface area contributed by atoms with Gasteiger partial charge in [-0.1, -0.05) is 0 Å². The maximum absolute atomic E-state index is 13.9. The summed E-state index contributed by atoms with van der Waals surface area (Å²) in [5.74, 6) is -1.98. The molecular weight excluding hydrogens is 368 g/mol. The highest BCUT2D eigenvalue weighted by atomic mass is 79.9. The fourth-order valence-corrected chi connectivity index (χ4v) is 4.98. The van der Waals surface area contributed by atoms with Crippen molar-refractivity contribution in [2.24, 2.45) is 0 Å². The minimum absolute atomic E-state index is 0.0958. The third-order valence-electron chi connectivity index (χ3n) is 3.58. The van der Waals surface area contributed by atoms with E-state index in [-0.39, 0.29) is 24.0 Å². The van der Waals surface area contributed by atoms with E-state index in [0.29, 0.717) is 18.9 Å². The van der Waals surface area contributed by atoms with E-state index in [4.69, 9.17) is 0 Å². The average Bonchev–Trinajstić information content (AvgIpc) is 2.48. The Morgan fingerprint density at radius 2 is 1.95 bits per heavy atom. The Balaban J connectivity index is 2.39. The van der Waals surface area contributed by atoms with Gasteiger partial charge in [-0.3, -0.25) is 0 Å². The molecule has 0 bridgehead atoms. The molecule has 0 radical (unpaired) electrons. The fourth-order valence-electron chi connectivity index (χ4n) is 2.38. The van der Waals surface area contributed by atoms with E-state index in [2.05, 4.69) is 15.9 Å². The summed E-state index contributed by atoms with van der Waals surface area (Å²) in [5, 5.41) is 10.00. The molecule has 21 heavy (non-hydrogen) atoms. The van der Waals surface area contributed by atoms with Crippen LogP contribution in [-0.4, -0.2) is 36.5 Å². The zero-order valence-corrected chi connectivity index (χ0v) is 13.8. The Bertz CT molecular complexity index is 626. The maximum atomic E-state index is 13.9. The fraction of sp³-hybridized carbons (Fsp3) is 0.538. The Morgan fingerprint density at radius 3 is 2.57 bits per heavy atom. The van der Waals surface area contributed by atoms with Crippen LogP contribution in [0.4, 0.5) is 8.78 Å². The molecule has 1 aromatic carbocycles. The van der Waals surface area contributed by atoms with E-state index < -0.39 is 32.2 Å². The van der Waals surface area contributed by atoms with Gasteiger partial charge in [-0.15, -0.1) is 0 Å². The minimum atomic E-state index is -4.08. The smallest absolute Gasteiger partial charge is 0.247 e. The molecule has 1 fully saturated rings. The first-order valence-corrected chi connectivity index (χ1v) is 8.74. The minimum Gasteiger partial charge on any atom is -0.390 e. The van der Waals surface area contributed by atoms with Crippen LogP contribution in [0, 0.1) is 11.6 Å². The molecule has 2 rings (SSSR count). The summed E-state index contributed by atoms with van der Waals surface area (Å²) in [5.41, 5.74) is -0.928. The highest BCUT2D eigenvalue weighted by molar-refractivity contribution is 9.10. The molecule has 1 aromatic rings. The van der Waals surface area contributed by atoms with Gasteiger partial charge in [-0.05, 0) is 48.2 Å². The SMILES string of the molecule is CC1(O)CCCN(S(=O)(=O)c2c(F)cc(F)cc2Br)CC1. The zero-order chi connectivity index (χ0) is 15.8. The number of hydrogen-bond donors (Lipinski definition) is 1. The van der Waals surface area contributed by atoms with Crippen LogP contribution >= 0.6 is 15.9 Å². The van der Waals surface area contributed by atoms with Gasteiger partial charge in [-0.25, -0.2) is 17.2 Å². The lowest BCUT2D eigenvalue weighted by molar-refractivity contribution is 0.0465. The molecule has 1 heterocycles. The van der Waals surface area contributed by atoms with Crippen molar-refractivity contribution in [3.8, 4) is 0 Å². The number of sulfonamides is 1. The second-order valence-electron chi connectivity index (χ2n) is 5.45. The normalized spacial score (nSPS) is 24.8. The second-order valence-corrected chi connectivity index (χ2v) is 8.18. The molecule has 1 N–H and O–H groups in total. The first-order valence-electron chi connectivity index (χ1n) is 6.50. The molecule has 0 aliphatic carbocycles. The first kappa shape index (κ1) is 16.8. The summed E-state index contributed by atoms with van der Waals surface area (Å²) < 4.78 is 53.1. The summed E-state index contributed by atoms with van der Waals surface area (Å²) in [6.45, 7) is 1.94. The Hall–Kier alpha value is -0.570. The van der Waals surface area contributed by atoms with Crippen LogP contribution in [0.2, 0.25) is 0 Å². The number of rotatable bonds is 2. The van der Waals surface area contributed by atoms with Crippen molar-refractivity contribution < 1.29 is 22.3 Å². The van der Waals surface area contributed by atoms with Crippen LogP contribution < -0.4 is 0 Å². The molecule has 1 saturated heterocycles. The van der Waals surface area contributed by atoms with Gasteiger partial charge in [0.15, 0.2) is 0 Å². The summed E-state index contributed by atoms with van der Waals surface area (Å²) in [4.78, 5) is -0.564. The molecule has 0 aromatic heterocycles. The van der Waals surface area contributed by atoms with Gasteiger partial charge < -0.3 is 5.11 Å². The summed E-state index contributed by atoms with van der Waals surface area (Å²) in [6.07, 6.45) is 1.23. The van der Waals surface area contributed by atoms with Crippen molar-refractivity contribution in [3.63, 3.8) is 0 Å². The lowest BCUT2D eigenvalue weighted by Crippen LogP contribution is -2.34. The lowest BCUT2D eigenvalue weighted by Gasteiger charge is -2.23. The molecule has 0 amide bonds. The van der Waals surface area contributed by atoms with Crippen LogP contribution in [0.1, 0.15) is 26.2 Å². The van der Waals surface area contributed by atoms with Crippen LogP contribution in [-0.2, 0) is 10.0 Å². The van der Waals surface area contributed by atoms with Crippen molar-refractivity contribution in [1.29, 1.82) is 0 Å². The van der Waals surface area contributed by atoms with Crippen molar-refractivity contribution >= 4 is 26.0 Å². The second kappa shape index (κ2) is 5.91. The molecule has 0 spiro atoms. The standard InChI is InChI=1S/C13H16BrF2NO3S/c1-13(18)3-2-5-17(6-4-13)21(19,20)12-10(14)7-9(15)8-11(12)16/h7-8,18H,2-6H2,1H3. The molecule has 1 atom stereocenters. The van der Waals surface area contributed by atoms with Gasteiger partial charge >= 0.3 is 0 Å². The Morgan fingerprint density at radius 1 is 1.29 bits per heavy atom. The number of benzene rings is 1. The highest BCUT2D eigenvalue weighted by Crippen LogP contribution is 2.31. The molecule has 1 aliphatic rings. The highest BCUT2D eigenvalue weighted by Gasteiger charge is 2.34. The van der Waals surface area contributed by atoms with E-state index in [1.165, 1.54) is 0 Å². The monoisotopic (exact) mass is 383 g/mol. The van der Waals surface area contributed by atoms with Gasteiger partial charge in [0.25, 0.3) is 0 Å². The first-order chi connectivity index (χ1) is 9.63. The van der Waals surface area contributed by atoms with Crippen molar-refractivity contribution in [1.82, 2.24) is 4.31 Å². The van der Waals surface area contributed by atoms with Crippen molar-refractivity contribution in [2.45, 2.75) is 36.7 Å². The molecule has 1 unspecified atom stereocenters. The van der Waals surface area contributed by atoms with Crippen LogP contribution in [0.25, 0.3) is 0 Å². The van der Waals surface area contributed by atoms with Crippen LogP contribution in [0.15, 0.2) is 21.5 Å². The number of halogens is 3. The zero-order valence-electron chi connectivity index (χ0n) is 11.4. The van der Waals surface area contributed by atoms with Crippen LogP contribution in [0.5, 0.6) is 0 Å². The average molecular weight is 384 g/mol. The van der Waals surface area contributed by atoms with Crippen LogP contribution in [0.3, 0.4) is 0 Å². The lowest BCUT2D eigenvalue weighted by atomic mass is 9.98. The third-order valence-corrected chi connectivity index (χ3v) is 6.45. The van der Waals surface area contributed by atoms with E-state index in [0.717, 1.165) is 10.4 Å². The molecule has 4 nitrogen and oxygen atoms in total. The Kier molecular flexibility index (Phi) is 4.72. The topological polar surface area (TPSA) is 57.6 Å². The molecule has 118 valence electrons. The molecule has 0 saturated carbocycles. The molecular formula is C13H16BrF2NO3S. The molecule has 8 heteroatoms. The summed E-state index contributed by atoms with van der Waals surface area (Å²) in [7, 11) is -4.08. The quantitative estimate of drug-likeness (QED) is 0.853. The van der Waals surface area contributed by atoms with Crippen molar-refractivity contribution in [2.75, 3.05) is 13.1 Å². The largest absolute Gasteiger partial charge is 0.390 e. The number of aliphatic hydroxyl groups is 1.